The molecule has 2 aliphatic heterocycles. The predicted octanol–water partition coefficient (Wildman–Crippen LogP) is 12.2. The van der Waals surface area contributed by atoms with Gasteiger partial charge in [0.15, 0.2) is 12.6 Å². The molecule has 1 amide bonds. The second-order valence-electron chi connectivity index (χ2n) is 22.5. The number of hydrogen-bond acceptors (Lipinski definition) is 13. The van der Waals surface area contributed by atoms with E-state index in [9.17, 15) is 45.6 Å². The Morgan fingerprint density at radius 2 is 0.854 bits per heavy atom. The molecule has 0 saturated carbocycles. The Hall–Kier alpha value is -3.09. The van der Waals surface area contributed by atoms with Gasteiger partial charge in [-0.25, -0.2) is 0 Å². The van der Waals surface area contributed by atoms with E-state index in [2.05, 4.69) is 86.0 Å². The minimum atomic E-state index is -1.81. The fraction of sp³-hybridized carbons (Fsp3) is 0.750. The molecule has 9 N–H and O–H groups in total. The maximum atomic E-state index is 13.2. The summed E-state index contributed by atoms with van der Waals surface area (Å²) in [6.07, 6.45) is 56.6. The van der Waals surface area contributed by atoms with Gasteiger partial charge in [-0.2, -0.15) is 0 Å². The second kappa shape index (κ2) is 52.3. The fourth-order valence-corrected chi connectivity index (χ4v) is 10.1. The molecule has 82 heavy (non-hydrogen) atoms. The van der Waals surface area contributed by atoms with Crippen LogP contribution in [0.3, 0.4) is 0 Å². The molecule has 12 atom stereocenters. The topological polar surface area (TPSA) is 228 Å². The lowest BCUT2D eigenvalue weighted by atomic mass is 9.97. The number of nitrogens with one attached hydrogen (secondary N) is 1. The molecule has 14 nitrogen and oxygen atoms in total. The maximum absolute atomic E-state index is 13.2. The summed E-state index contributed by atoms with van der Waals surface area (Å²) in [5, 5.41) is 87.0. The average molecular weight is 1160 g/mol. The first-order valence-electron chi connectivity index (χ1n) is 32.5. The molecule has 2 heterocycles. The van der Waals surface area contributed by atoms with Crippen LogP contribution in [0.15, 0.2) is 97.2 Å². The van der Waals surface area contributed by atoms with Gasteiger partial charge in [0.05, 0.1) is 32.0 Å². The summed E-state index contributed by atoms with van der Waals surface area (Å²) in [7, 11) is 0. The van der Waals surface area contributed by atoms with Crippen LogP contribution in [0.4, 0.5) is 0 Å². The highest BCUT2D eigenvalue weighted by Gasteiger charge is 2.51. The number of rotatable bonds is 51. The van der Waals surface area contributed by atoms with Gasteiger partial charge >= 0.3 is 0 Å². The summed E-state index contributed by atoms with van der Waals surface area (Å²) < 4.78 is 22.7. The van der Waals surface area contributed by atoms with Crippen LogP contribution in [-0.4, -0.2) is 140 Å². The van der Waals surface area contributed by atoms with Crippen molar-refractivity contribution in [2.45, 2.75) is 306 Å². The smallest absolute Gasteiger partial charge is 0.224 e. The molecule has 2 fully saturated rings. The molecule has 0 bridgehead atoms. The zero-order valence-corrected chi connectivity index (χ0v) is 50.9. The third-order valence-corrected chi connectivity index (χ3v) is 15.3. The lowest BCUT2D eigenvalue weighted by Crippen LogP contribution is -2.65. The Balaban J connectivity index is 1.71. The summed E-state index contributed by atoms with van der Waals surface area (Å²) in [5.74, 6) is -0.382. The van der Waals surface area contributed by atoms with Crippen molar-refractivity contribution in [3.05, 3.63) is 97.2 Å². The first-order chi connectivity index (χ1) is 40.1. The van der Waals surface area contributed by atoms with Crippen LogP contribution in [0.2, 0.25) is 0 Å². The molecular weight excluding hydrogens is 1040 g/mol. The maximum Gasteiger partial charge on any atom is 0.224 e. The Morgan fingerprint density at radius 1 is 0.451 bits per heavy atom. The number of amides is 1. The van der Waals surface area contributed by atoms with Gasteiger partial charge in [0.1, 0.15) is 48.8 Å². The SMILES string of the molecule is CC/C=C\C/C=C\C/C=C\C/C=C\C/C=C\CC(=O)NC(COC1OC(CO)C(OC2OC(CO)C(O)C(O)C2O)C(O)C1O)C(O)/C=C/CC/C=C/CC/C=C/CCCCCCCCCCCCCCCCCCCCCCCCC. The van der Waals surface area contributed by atoms with E-state index in [1.165, 1.54) is 148 Å². The number of unbranched alkanes of at least 4 members (excludes halogenated alkanes) is 25. The molecule has 472 valence electrons. The van der Waals surface area contributed by atoms with E-state index in [0.29, 0.717) is 12.8 Å². The van der Waals surface area contributed by atoms with Crippen LogP contribution in [0, 0.1) is 0 Å². The zero-order valence-electron chi connectivity index (χ0n) is 50.9. The molecule has 0 aromatic heterocycles. The number of carbonyl (C=O) groups excluding carboxylic acids is 1. The van der Waals surface area contributed by atoms with Crippen LogP contribution in [0.5, 0.6) is 0 Å². The standard InChI is InChI=1S/C68H117NO13/c1-3-5-7-9-11-13-15-17-19-20-21-22-23-24-25-26-27-28-29-30-31-32-33-34-35-36-38-39-41-43-45-47-49-51-57(72)56(69-60(73)52-50-48-46-44-42-40-37-18-16-14-12-10-8-6-4-2)55-79-67-65(78)63(76)66(59(54-71)81-67)82-68-64(77)62(75)61(74)58(53-70)80-68/h6,8,12,14,18,35-37,41-44,48-51,56-59,61-68,70-72,74-78H,3-5,7,9-11,13,15-17,19-34,38-40,45-47,52-55H2,1-2H3,(H,69,73)/b8-6-,14-12-,36-35+,37-18-,43-41+,44-42-,50-48-,51-49+. The summed E-state index contributed by atoms with van der Waals surface area (Å²) in [6, 6.07) is -0.999. The summed E-state index contributed by atoms with van der Waals surface area (Å²) in [6.45, 7) is 2.59. The van der Waals surface area contributed by atoms with Gasteiger partial charge in [-0.3, -0.25) is 4.79 Å². The minimum Gasteiger partial charge on any atom is -0.394 e. The number of hydrogen-bond donors (Lipinski definition) is 9. The highest BCUT2D eigenvalue weighted by Crippen LogP contribution is 2.30. The summed E-state index contributed by atoms with van der Waals surface area (Å²) in [4.78, 5) is 13.2. The third-order valence-electron chi connectivity index (χ3n) is 15.3. The third kappa shape index (κ3) is 36.7. The van der Waals surface area contributed by atoms with Crippen LogP contribution >= 0.6 is 0 Å². The molecular formula is C68H117NO13. The molecule has 0 radical (unpaired) electrons. The molecule has 0 aliphatic carbocycles. The Bertz CT molecular complexity index is 1740. The molecule has 12 unspecified atom stereocenters. The quantitative estimate of drug-likeness (QED) is 0.0204. The van der Waals surface area contributed by atoms with E-state index in [4.69, 9.17) is 18.9 Å². The van der Waals surface area contributed by atoms with Crippen molar-refractivity contribution in [2.24, 2.45) is 0 Å². The lowest BCUT2D eigenvalue weighted by Gasteiger charge is -2.46. The molecule has 0 aromatic carbocycles. The van der Waals surface area contributed by atoms with Gasteiger partial charge in [0, 0.05) is 6.42 Å². The number of aliphatic hydroxyl groups is 8. The zero-order chi connectivity index (χ0) is 59.5. The van der Waals surface area contributed by atoms with Crippen molar-refractivity contribution in [3.8, 4) is 0 Å². The normalized spacial score (nSPS) is 24.6. The Labute approximate surface area is 496 Å². The minimum absolute atomic E-state index is 0.0327. The largest absolute Gasteiger partial charge is 0.394 e. The number of allylic oxidation sites excluding steroid dienone is 14. The van der Waals surface area contributed by atoms with Gasteiger partial charge in [-0.15, -0.1) is 0 Å². The average Bonchev–Trinajstić information content (AvgIpc) is 3.53. The van der Waals surface area contributed by atoms with Gasteiger partial charge in [0.25, 0.3) is 0 Å². The van der Waals surface area contributed by atoms with Crippen LogP contribution < -0.4 is 5.32 Å². The monoisotopic (exact) mass is 1160 g/mol. The Kier molecular flexibility index (Phi) is 47.8. The molecule has 2 saturated heterocycles. The van der Waals surface area contributed by atoms with E-state index in [1.54, 1.807) is 12.2 Å². The number of aliphatic hydroxyl groups excluding tert-OH is 8. The first-order valence-corrected chi connectivity index (χ1v) is 32.5. The van der Waals surface area contributed by atoms with Crippen LogP contribution in [0.1, 0.15) is 232 Å². The molecule has 14 heteroatoms. The predicted molar refractivity (Wildman–Crippen MR) is 332 cm³/mol. The van der Waals surface area contributed by atoms with E-state index >= 15 is 0 Å². The van der Waals surface area contributed by atoms with Gasteiger partial charge in [-0.1, -0.05) is 252 Å². The van der Waals surface area contributed by atoms with Gasteiger partial charge in [0.2, 0.25) is 5.91 Å². The highest BCUT2D eigenvalue weighted by atomic mass is 16.7. The van der Waals surface area contributed by atoms with Crippen molar-refractivity contribution in [2.75, 3.05) is 19.8 Å². The van der Waals surface area contributed by atoms with E-state index in [0.717, 1.165) is 51.4 Å². The number of carbonyl (C=O) groups is 1. The van der Waals surface area contributed by atoms with Gasteiger partial charge < -0.3 is 65.1 Å². The number of ether oxygens (including phenoxy) is 4. The molecule has 2 aliphatic rings. The van der Waals surface area contributed by atoms with Crippen LogP contribution in [-0.2, 0) is 23.7 Å². The molecule has 0 spiro atoms. The first kappa shape index (κ1) is 75.0. The van der Waals surface area contributed by atoms with Crippen molar-refractivity contribution < 1.29 is 64.6 Å². The van der Waals surface area contributed by atoms with Crippen molar-refractivity contribution in [3.63, 3.8) is 0 Å². The second-order valence-corrected chi connectivity index (χ2v) is 22.5. The van der Waals surface area contributed by atoms with Crippen LogP contribution in [0.25, 0.3) is 0 Å². The summed E-state index contributed by atoms with van der Waals surface area (Å²) in [5.41, 5.74) is 0. The van der Waals surface area contributed by atoms with Crippen molar-refractivity contribution >= 4 is 5.91 Å². The van der Waals surface area contributed by atoms with E-state index in [-0.39, 0.29) is 18.9 Å². The fourth-order valence-electron chi connectivity index (χ4n) is 10.1. The molecule has 2 rings (SSSR count). The highest BCUT2D eigenvalue weighted by molar-refractivity contribution is 5.77. The van der Waals surface area contributed by atoms with E-state index < -0.39 is 86.8 Å². The van der Waals surface area contributed by atoms with Crippen molar-refractivity contribution in [1.29, 1.82) is 0 Å². The van der Waals surface area contributed by atoms with Gasteiger partial charge in [-0.05, 0) is 70.6 Å². The summed E-state index contributed by atoms with van der Waals surface area (Å²) >= 11 is 0. The lowest BCUT2D eigenvalue weighted by molar-refractivity contribution is -0.359. The van der Waals surface area contributed by atoms with E-state index in [1.807, 2.05) is 18.2 Å². The Morgan fingerprint density at radius 3 is 1.32 bits per heavy atom. The van der Waals surface area contributed by atoms with Crippen molar-refractivity contribution in [1.82, 2.24) is 5.32 Å². The molecule has 0 aromatic rings.